The minimum atomic E-state index is 0.340. The lowest BCUT2D eigenvalue weighted by molar-refractivity contribution is 0.0963. The zero-order valence-electron chi connectivity index (χ0n) is 11.1. The zero-order chi connectivity index (χ0) is 12.5. The first-order valence-corrected chi connectivity index (χ1v) is 6.78. The number of fused-ring (bicyclic) bond motifs is 1. The van der Waals surface area contributed by atoms with E-state index < -0.39 is 0 Å². The van der Waals surface area contributed by atoms with Crippen LogP contribution in [-0.2, 0) is 22.7 Å². The Kier molecular flexibility index (Phi) is 3.37. The van der Waals surface area contributed by atoms with Crippen molar-refractivity contribution in [3.8, 4) is 0 Å². The van der Waals surface area contributed by atoms with E-state index in [4.69, 9.17) is 9.47 Å². The van der Waals surface area contributed by atoms with Crippen LogP contribution in [0.15, 0.2) is 18.2 Å². The zero-order valence-corrected chi connectivity index (χ0v) is 11.1. The molecule has 0 saturated carbocycles. The van der Waals surface area contributed by atoms with Gasteiger partial charge in [0.15, 0.2) is 0 Å². The molecule has 0 spiro atoms. The van der Waals surface area contributed by atoms with E-state index in [1.807, 2.05) is 7.05 Å². The molecule has 0 bridgehead atoms. The van der Waals surface area contributed by atoms with E-state index in [9.17, 15) is 0 Å². The van der Waals surface area contributed by atoms with Crippen molar-refractivity contribution in [3.05, 3.63) is 34.9 Å². The first kappa shape index (κ1) is 12.2. The largest absolute Gasteiger partial charge is 0.378 e. The van der Waals surface area contributed by atoms with Crippen LogP contribution in [0, 0.1) is 5.92 Å². The van der Waals surface area contributed by atoms with Gasteiger partial charge in [-0.15, -0.1) is 0 Å². The van der Waals surface area contributed by atoms with E-state index in [-0.39, 0.29) is 0 Å². The molecule has 1 fully saturated rings. The lowest BCUT2D eigenvalue weighted by atomic mass is 9.87. The molecule has 3 unspecified atom stereocenters. The first-order valence-electron chi connectivity index (χ1n) is 6.78. The van der Waals surface area contributed by atoms with Crippen molar-refractivity contribution in [2.24, 2.45) is 5.92 Å². The minimum Gasteiger partial charge on any atom is -0.378 e. The number of hydrogen-bond donors (Lipinski definition) is 1. The van der Waals surface area contributed by atoms with Gasteiger partial charge in [0, 0.05) is 18.6 Å². The van der Waals surface area contributed by atoms with Crippen molar-refractivity contribution in [1.82, 2.24) is 5.32 Å². The minimum absolute atomic E-state index is 0.340. The molecular weight excluding hydrogens is 226 g/mol. The molecule has 98 valence electrons. The molecular formula is C15H21NO2. The predicted octanol–water partition coefficient (Wildman–Crippen LogP) is 2.40. The predicted molar refractivity (Wildman–Crippen MR) is 70.3 cm³/mol. The standard InChI is InChI=1S/C15H21NO2/c1-10-14(5-6-18-10)15(16-2)11-3-4-12-8-17-9-13(12)7-11/h3-4,7,10,14-16H,5-6,8-9H2,1-2H3. The lowest BCUT2D eigenvalue weighted by Gasteiger charge is -2.26. The fourth-order valence-electron chi connectivity index (χ4n) is 3.20. The number of benzene rings is 1. The summed E-state index contributed by atoms with van der Waals surface area (Å²) in [5, 5.41) is 3.46. The molecule has 3 atom stereocenters. The summed E-state index contributed by atoms with van der Waals surface area (Å²) >= 11 is 0. The Balaban J connectivity index is 1.87. The Bertz CT molecular complexity index is 433. The Labute approximate surface area is 108 Å². The average Bonchev–Trinajstić information content (AvgIpc) is 2.99. The van der Waals surface area contributed by atoms with Gasteiger partial charge in [-0.1, -0.05) is 18.2 Å². The van der Waals surface area contributed by atoms with Crippen LogP contribution in [0.25, 0.3) is 0 Å². The third kappa shape index (κ3) is 2.07. The molecule has 2 aliphatic rings. The molecule has 1 saturated heterocycles. The summed E-state index contributed by atoms with van der Waals surface area (Å²) in [4.78, 5) is 0. The molecule has 1 N–H and O–H groups in total. The van der Waals surface area contributed by atoms with Gasteiger partial charge in [-0.05, 0) is 37.1 Å². The average molecular weight is 247 g/mol. The molecule has 1 aromatic carbocycles. The Morgan fingerprint density at radius 1 is 1.28 bits per heavy atom. The molecule has 3 nitrogen and oxygen atoms in total. The number of nitrogens with one attached hydrogen (secondary N) is 1. The molecule has 0 aromatic heterocycles. The summed E-state index contributed by atoms with van der Waals surface area (Å²) in [5.74, 6) is 0.565. The third-order valence-corrected chi connectivity index (χ3v) is 4.28. The van der Waals surface area contributed by atoms with Gasteiger partial charge in [0.25, 0.3) is 0 Å². The maximum atomic E-state index is 5.70. The van der Waals surface area contributed by atoms with Crippen LogP contribution in [0.3, 0.4) is 0 Å². The van der Waals surface area contributed by atoms with Crippen LogP contribution in [-0.4, -0.2) is 19.8 Å². The Morgan fingerprint density at radius 2 is 2.11 bits per heavy atom. The van der Waals surface area contributed by atoms with Gasteiger partial charge in [-0.3, -0.25) is 0 Å². The van der Waals surface area contributed by atoms with Crippen LogP contribution in [0.5, 0.6) is 0 Å². The van der Waals surface area contributed by atoms with Crippen molar-refractivity contribution in [2.45, 2.75) is 38.7 Å². The Morgan fingerprint density at radius 3 is 2.83 bits per heavy atom. The monoisotopic (exact) mass is 247 g/mol. The summed E-state index contributed by atoms with van der Waals surface area (Å²) in [6.45, 7) is 4.59. The highest BCUT2D eigenvalue weighted by molar-refractivity contribution is 5.35. The maximum absolute atomic E-state index is 5.70. The first-order chi connectivity index (χ1) is 8.79. The quantitative estimate of drug-likeness (QED) is 0.889. The second-order valence-electron chi connectivity index (χ2n) is 5.32. The van der Waals surface area contributed by atoms with Crippen molar-refractivity contribution < 1.29 is 9.47 Å². The normalized spacial score (nSPS) is 28.3. The molecule has 1 aromatic rings. The summed E-state index contributed by atoms with van der Waals surface area (Å²) < 4.78 is 11.2. The SMILES string of the molecule is CNC(c1ccc2c(c1)COC2)C1CCOC1C. The van der Waals surface area contributed by atoms with E-state index in [1.165, 1.54) is 16.7 Å². The van der Waals surface area contributed by atoms with E-state index in [0.717, 1.165) is 26.2 Å². The smallest absolute Gasteiger partial charge is 0.0725 e. The second kappa shape index (κ2) is 5.00. The van der Waals surface area contributed by atoms with Crippen LogP contribution < -0.4 is 5.32 Å². The van der Waals surface area contributed by atoms with E-state index >= 15 is 0 Å². The molecule has 0 radical (unpaired) electrons. The third-order valence-electron chi connectivity index (χ3n) is 4.28. The van der Waals surface area contributed by atoms with E-state index in [2.05, 4.69) is 30.4 Å². The van der Waals surface area contributed by atoms with Crippen LogP contribution in [0.2, 0.25) is 0 Å². The van der Waals surface area contributed by atoms with Crippen molar-refractivity contribution in [2.75, 3.05) is 13.7 Å². The molecule has 2 heterocycles. The summed E-state index contributed by atoms with van der Waals surface area (Å²) in [6.07, 6.45) is 1.48. The molecule has 3 heteroatoms. The maximum Gasteiger partial charge on any atom is 0.0725 e. The Hall–Kier alpha value is -0.900. The van der Waals surface area contributed by atoms with Crippen LogP contribution in [0.4, 0.5) is 0 Å². The fourth-order valence-corrected chi connectivity index (χ4v) is 3.20. The van der Waals surface area contributed by atoms with Crippen molar-refractivity contribution in [1.29, 1.82) is 0 Å². The van der Waals surface area contributed by atoms with E-state index in [0.29, 0.717) is 18.1 Å². The van der Waals surface area contributed by atoms with Gasteiger partial charge >= 0.3 is 0 Å². The lowest BCUT2D eigenvalue weighted by Crippen LogP contribution is -2.29. The number of hydrogen-bond acceptors (Lipinski definition) is 3. The van der Waals surface area contributed by atoms with Gasteiger partial charge in [-0.2, -0.15) is 0 Å². The second-order valence-corrected chi connectivity index (χ2v) is 5.32. The van der Waals surface area contributed by atoms with Gasteiger partial charge in [0.1, 0.15) is 0 Å². The van der Waals surface area contributed by atoms with E-state index in [1.54, 1.807) is 0 Å². The highest BCUT2D eigenvalue weighted by Crippen LogP contribution is 2.34. The molecule has 18 heavy (non-hydrogen) atoms. The summed E-state index contributed by atoms with van der Waals surface area (Å²) in [6, 6.07) is 7.13. The summed E-state index contributed by atoms with van der Waals surface area (Å²) in [5.41, 5.74) is 4.05. The van der Waals surface area contributed by atoms with Gasteiger partial charge in [0.2, 0.25) is 0 Å². The fraction of sp³-hybridized carbons (Fsp3) is 0.600. The highest BCUT2D eigenvalue weighted by atomic mass is 16.5. The summed E-state index contributed by atoms with van der Waals surface area (Å²) in [7, 11) is 2.04. The number of rotatable bonds is 3. The molecule has 3 rings (SSSR count). The molecule has 0 aliphatic carbocycles. The van der Waals surface area contributed by atoms with Crippen LogP contribution >= 0.6 is 0 Å². The molecule has 0 amide bonds. The molecule has 2 aliphatic heterocycles. The van der Waals surface area contributed by atoms with Gasteiger partial charge in [0.05, 0.1) is 19.3 Å². The number of ether oxygens (including phenoxy) is 2. The highest BCUT2D eigenvalue weighted by Gasteiger charge is 2.32. The van der Waals surface area contributed by atoms with Gasteiger partial charge < -0.3 is 14.8 Å². The van der Waals surface area contributed by atoms with Gasteiger partial charge in [-0.25, -0.2) is 0 Å². The van der Waals surface area contributed by atoms with Crippen molar-refractivity contribution in [3.63, 3.8) is 0 Å². The van der Waals surface area contributed by atoms with Crippen LogP contribution in [0.1, 0.15) is 36.1 Å². The topological polar surface area (TPSA) is 30.5 Å². The van der Waals surface area contributed by atoms with Crippen molar-refractivity contribution >= 4 is 0 Å².